The summed E-state index contributed by atoms with van der Waals surface area (Å²) in [7, 11) is 0. The monoisotopic (exact) mass is 254 g/mol. The lowest BCUT2D eigenvalue weighted by molar-refractivity contribution is -0.133. The molecule has 0 radical (unpaired) electrons. The molecule has 2 aliphatic rings. The summed E-state index contributed by atoms with van der Waals surface area (Å²) < 4.78 is 5.29. The fourth-order valence-electron chi connectivity index (χ4n) is 2.63. The highest BCUT2D eigenvalue weighted by Crippen LogP contribution is 2.29. The van der Waals surface area contributed by atoms with Gasteiger partial charge in [-0.2, -0.15) is 0 Å². The van der Waals surface area contributed by atoms with Crippen LogP contribution in [0.1, 0.15) is 39.0 Å². The van der Waals surface area contributed by atoms with Gasteiger partial charge in [-0.3, -0.25) is 4.79 Å². The molecule has 4 heteroatoms. The molecule has 1 N–H and O–H groups in total. The van der Waals surface area contributed by atoms with Crippen molar-refractivity contribution in [1.29, 1.82) is 0 Å². The van der Waals surface area contributed by atoms with Crippen LogP contribution in [0, 0.1) is 5.92 Å². The van der Waals surface area contributed by atoms with Gasteiger partial charge >= 0.3 is 0 Å². The molecular formula is C14H26N2O2. The van der Waals surface area contributed by atoms with Crippen molar-refractivity contribution >= 4 is 5.91 Å². The molecule has 1 aliphatic carbocycles. The van der Waals surface area contributed by atoms with Crippen molar-refractivity contribution in [3.63, 3.8) is 0 Å². The van der Waals surface area contributed by atoms with Gasteiger partial charge in [0.25, 0.3) is 0 Å². The van der Waals surface area contributed by atoms with E-state index in [4.69, 9.17) is 4.74 Å². The number of nitrogens with zero attached hydrogens (tertiary/aromatic N) is 1. The maximum atomic E-state index is 12.2. The minimum atomic E-state index is 0.296. The Labute approximate surface area is 110 Å². The highest BCUT2D eigenvalue weighted by molar-refractivity contribution is 5.77. The van der Waals surface area contributed by atoms with Gasteiger partial charge in [-0.15, -0.1) is 0 Å². The fourth-order valence-corrected chi connectivity index (χ4v) is 2.63. The summed E-state index contributed by atoms with van der Waals surface area (Å²) in [6.45, 7) is 6.43. The van der Waals surface area contributed by atoms with E-state index in [0.717, 1.165) is 19.6 Å². The van der Waals surface area contributed by atoms with Crippen LogP contribution in [0.25, 0.3) is 0 Å². The molecule has 0 aromatic carbocycles. The number of carbonyl (C=O) groups excluding carboxylic acids is 1. The third-order valence-corrected chi connectivity index (χ3v) is 3.89. The SMILES string of the molecule is CCOCCC(=O)N(CC1CCNCC1)C1CC1. The first-order valence-corrected chi connectivity index (χ1v) is 7.39. The molecule has 0 aromatic heterocycles. The maximum absolute atomic E-state index is 12.2. The average molecular weight is 254 g/mol. The Morgan fingerprint density at radius 3 is 2.61 bits per heavy atom. The van der Waals surface area contributed by atoms with Gasteiger partial charge in [0.2, 0.25) is 5.91 Å². The second-order valence-electron chi connectivity index (χ2n) is 5.42. The molecule has 4 nitrogen and oxygen atoms in total. The van der Waals surface area contributed by atoms with Crippen LogP contribution in [-0.4, -0.2) is 49.7 Å². The lowest BCUT2D eigenvalue weighted by Gasteiger charge is -2.30. The summed E-state index contributed by atoms with van der Waals surface area (Å²) in [6.07, 6.45) is 5.37. The Bertz CT molecular complexity index is 261. The van der Waals surface area contributed by atoms with Crippen molar-refractivity contribution in [3.05, 3.63) is 0 Å². The van der Waals surface area contributed by atoms with Gasteiger partial charge in [-0.1, -0.05) is 0 Å². The van der Waals surface area contributed by atoms with Crippen LogP contribution in [0.4, 0.5) is 0 Å². The summed E-state index contributed by atoms with van der Waals surface area (Å²) in [4.78, 5) is 14.3. The van der Waals surface area contributed by atoms with Gasteiger partial charge in [0.05, 0.1) is 13.0 Å². The van der Waals surface area contributed by atoms with Gasteiger partial charge in [-0.25, -0.2) is 0 Å². The van der Waals surface area contributed by atoms with Crippen LogP contribution >= 0.6 is 0 Å². The molecule has 1 aliphatic heterocycles. The Hall–Kier alpha value is -0.610. The lowest BCUT2D eigenvalue weighted by Crippen LogP contribution is -2.40. The summed E-state index contributed by atoms with van der Waals surface area (Å²) >= 11 is 0. The lowest BCUT2D eigenvalue weighted by atomic mass is 9.97. The number of amides is 1. The van der Waals surface area contributed by atoms with E-state index in [9.17, 15) is 4.79 Å². The predicted octanol–water partition coefficient (Wildman–Crippen LogP) is 1.40. The largest absolute Gasteiger partial charge is 0.381 e. The first kappa shape index (κ1) is 13.8. The first-order valence-electron chi connectivity index (χ1n) is 7.39. The molecule has 18 heavy (non-hydrogen) atoms. The molecule has 0 aromatic rings. The summed E-state index contributed by atoms with van der Waals surface area (Å²) in [5, 5.41) is 3.38. The van der Waals surface area contributed by atoms with Crippen LogP contribution < -0.4 is 5.32 Å². The number of nitrogens with one attached hydrogen (secondary N) is 1. The second kappa shape index (κ2) is 7.10. The highest BCUT2D eigenvalue weighted by Gasteiger charge is 2.33. The predicted molar refractivity (Wildman–Crippen MR) is 71.4 cm³/mol. The molecule has 2 fully saturated rings. The van der Waals surface area contributed by atoms with E-state index in [1.165, 1.54) is 25.7 Å². The molecule has 2 rings (SSSR count). The van der Waals surface area contributed by atoms with Crippen LogP contribution in [0.3, 0.4) is 0 Å². The summed E-state index contributed by atoms with van der Waals surface area (Å²) in [5.41, 5.74) is 0. The van der Waals surface area contributed by atoms with Gasteiger partial charge < -0.3 is 15.0 Å². The number of ether oxygens (including phenoxy) is 1. The van der Waals surface area contributed by atoms with Crippen molar-refractivity contribution in [1.82, 2.24) is 10.2 Å². The normalized spacial score (nSPS) is 20.9. The maximum Gasteiger partial charge on any atom is 0.225 e. The summed E-state index contributed by atoms with van der Waals surface area (Å²) in [5.74, 6) is 0.993. The molecule has 1 heterocycles. The molecular weight excluding hydrogens is 228 g/mol. The third kappa shape index (κ3) is 4.25. The molecule has 1 amide bonds. The van der Waals surface area contributed by atoms with Crippen molar-refractivity contribution in [2.45, 2.75) is 45.1 Å². The van der Waals surface area contributed by atoms with Gasteiger partial charge in [0.15, 0.2) is 0 Å². The van der Waals surface area contributed by atoms with E-state index in [0.29, 0.717) is 37.5 Å². The van der Waals surface area contributed by atoms with E-state index >= 15 is 0 Å². The first-order chi connectivity index (χ1) is 8.81. The van der Waals surface area contributed by atoms with Crippen LogP contribution in [0.15, 0.2) is 0 Å². The number of hydrogen-bond donors (Lipinski definition) is 1. The van der Waals surface area contributed by atoms with E-state index in [1.807, 2.05) is 6.92 Å². The molecule has 0 atom stereocenters. The molecule has 0 spiro atoms. The Morgan fingerprint density at radius 1 is 1.28 bits per heavy atom. The highest BCUT2D eigenvalue weighted by atomic mass is 16.5. The zero-order valence-electron chi connectivity index (χ0n) is 11.5. The number of carbonyl (C=O) groups is 1. The van der Waals surface area contributed by atoms with Gasteiger partial charge in [0, 0.05) is 19.2 Å². The number of hydrogen-bond acceptors (Lipinski definition) is 3. The van der Waals surface area contributed by atoms with Crippen LogP contribution in [0.5, 0.6) is 0 Å². The van der Waals surface area contributed by atoms with E-state index in [-0.39, 0.29) is 0 Å². The van der Waals surface area contributed by atoms with Crippen molar-refractivity contribution < 1.29 is 9.53 Å². The second-order valence-corrected chi connectivity index (χ2v) is 5.42. The number of piperidine rings is 1. The van der Waals surface area contributed by atoms with E-state index in [1.54, 1.807) is 0 Å². The summed E-state index contributed by atoms with van der Waals surface area (Å²) in [6, 6.07) is 0.536. The number of rotatable bonds is 7. The molecule has 1 saturated carbocycles. The quantitative estimate of drug-likeness (QED) is 0.698. The minimum absolute atomic E-state index is 0.296. The minimum Gasteiger partial charge on any atom is -0.381 e. The van der Waals surface area contributed by atoms with Crippen molar-refractivity contribution in [2.75, 3.05) is 32.8 Å². The molecule has 0 unspecified atom stereocenters. The smallest absolute Gasteiger partial charge is 0.225 e. The zero-order chi connectivity index (χ0) is 12.8. The molecule has 1 saturated heterocycles. The molecule has 104 valence electrons. The Kier molecular flexibility index (Phi) is 5.45. The topological polar surface area (TPSA) is 41.6 Å². The van der Waals surface area contributed by atoms with Gasteiger partial charge in [-0.05, 0) is 51.6 Å². The average Bonchev–Trinajstić information content (AvgIpc) is 3.21. The van der Waals surface area contributed by atoms with E-state index in [2.05, 4.69) is 10.2 Å². The zero-order valence-corrected chi connectivity index (χ0v) is 11.5. The van der Waals surface area contributed by atoms with Gasteiger partial charge in [0.1, 0.15) is 0 Å². The molecule has 0 bridgehead atoms. The Morgan fingerprint density at radius 2 is 2.00 bits per heavy atom. The van der Waals surface area contributed by atoms with Crippen molar-refractivity contribution in [3.8, 4) is 0 Å². The van der Waals surface area contributed by atoms with Crippen LogP contribution in [0.2, 0.25) is 0 Å². The van der Waals surface area contributed by atoms with Crippen LogP contribution in [-0.2, 0) is 9.53 Å². The van der Waals surface area contributed by atoms with E-state index < -0.39 is 0 Å². The Balaban J connectivity index is 1.77. The standard InChI is InChI=1S/C14H26N2O2/c1-2-18-10-7-14(17)16(13-3-4-13)11-12-5-8-15-9-6-12/h12-13,15H,2-11H2,1H3. The third-order valence-electron chi connectivity index (χ3n) is 3.89. The van der Waals surface area contributed by atoms with Crippen molar-refractivity contribution in [2.24, 2.45) is 5.92 Å². The fraction of sp³-hybridized carbons (Fsp3) is 0.929.